The predicted molar refractivity (Wildman–Crippen MR) is 179 cm³/mol. The van der Waals surface area contributed by atoms with E-state index in [1.54, 1.807) is 0 Å². The Morgan fingerprint density at radius 3 is 2.22 bits per heavy atom. The Bertz CT molecular complexity index is 1490. The van der Waals surface area contributed by atoms with E-state index in [0.717, 1.165) is 18.6 Å². The van der Waals surface area contributed by atoms with Crippen LogP contribution in [0.1, 0.15) is 94.9 Å². The van der Waals surface area contributed by atoms with E-state index < -0.39 is 99.2 Å². The smallest absolute Gasteiger partial charge is 0.303 e. The normalized spacial score (nSPS) is 45.6. The highest BCUT2D eigenvalue weighted by molar-refractivity contribution is 5.97. The number of hydrogen-bond donors (Lipinski definition) is 5. The molecule has 0 unspecified atom stereocenters. The summed E-state index contributed by atoms with van der Waals surface area (Å²) in [6, 6.07) is 0. The van der Waals surface area contributed by atoms with Crippen LogP contribution in [0.4, 0.5) is 0 Å². The van der Waals surface area contributed by atoms with Crippen molar-refractivity contribution in [3.8, 4) is 0 Å². The zero-order valence-electron chi connectivity index (χ0n) is 30.9. The van der Waals surface area contributed by atoms with Gasteiger partial charge >= 0.3 is 5.97 Å². The van der Waals surface area contributed by atoms with Gasteiger partial charge in [-0.3, -0.25) is 19.2 Å². The summed E-state index contributed by atoms with van der Waals surface area (Å²) in [7, 11) is 0. The number of carbonyl (C=O) groups is 4. The van der Waals surface area contributed by atoms with Gasteiger partial charge in [0.25, 0.3) is 0 Å². The maximum atomic E-state index is 14.8. The molecule has 280 valence electrons. The first kappa shape index (κ1) is 38.9. The molecule has 3 saturated carbocycles. The summed E-state index contributed by atoms with van der Waals surface area (Å²) in [6.45, 7) is 16.5. The van der Waals surface area contributed by atoms with Crippen molar-refractivity contribution < 1.29 is 58.9 Å². The largest absolute Gasteiger partial charge is 0.449 e. The van der Waals surface area contributed by atoms with Gasteiger partial charge in [-0.1, -0.05) is 52.3 Å². The van der Waals surface area contributed by atoms with Crippen molar-refractivity contribution in [2.24, 2.45) is 39.4 Å². The Hall–Kier alpha value is -2.32. The summed E-state index contributed by atoms with van der Waals surface area (Å²) >= 11 is 0. The third kappa shape index (κ3) is 5.77. The number of esters is 1. The van der Waals surface area contributed by atoms with Gasteiger partial charge in [-0.25, -0.2) is 0 Å². The molecule has 0 aromatic heterocycles. The number of hydrogen-bond acceptors (Lipinski definition) is 12. The van der Waals surface area contributed by atoms with E-state index in [0.29, 0.717) is 6.42 Å². The molecule has 0 spiro atoms. The van der Waals surface area contributed by atoms with Crippen LogP contribution >= 0.6 is 0 Å². The number of ether oxygens (including phenoxy) is 3. The topological polar surface area (TPSA) is 197 Å². The first-order valence-electron chi connectivity index (χ1n) is 17.7. The quantitative estimate of drug-likeness (QED) is 0.148. The molecule has 0 aromatic carbocycles. The number of allylic oxidation sites excluding steroid dienone is 1. The standard InChI is InChI=1S/C38H56O12/c1-18-27(43)28(44)29(49-19(2)39)32(48-18)50-23-16-35(7)24-12-11-20-21(15-22(40)31(45)34(20,5)6)37(24,9)26(42)17-36(35,8)30(23)38(10,47)25(41)13-14-33(3,4)46/h11,13-14,18,21-24,27,29-32,40,43,45-47H,12,15-17H2,1-10H3/b14-13+/t18-,21+,22-,23+,24-,27-,29-,30-,31+,32-,35-,36+,37-,38-/m0/s1. The maximum absolute atomic E-state index is 14.8. The third-order valence-electron chi connectivity index (χ3n) is 13.6. The summed E-state index contributed by atoms with van der Waals surface area (Å²) in [5.41, 5.74) is -6.19. The molecular formula is C38H56O12. The lowest BCUT2D eigenvalue weighted by molar-refractivity contribution is -0.274. The second kappa shape index (κ2) is 12.4. The van der Waals surface area contributed by atoms with E-state index >= 15 is 0 Å². The summed E-state index contributed by atoms with van der Waals surface area (Å²) < 4.78 is 17.8. The molecule has 0 amide bonds. The average Bonchev–Trinajstić information content (AvgIpc) is 3.21. The fourth-order valence-electron chi connectivity index (χ4n) is 10.7. The number of rotatable bonds is 7. The molecule has 5 aliphatic rings. The number of carbonyl (C=O) groups excluding carboxylic acids is 4. The monoisotopic (exact) mass is 704 g/mol. The average molecular weight is 705 g/mol. The van der Waals surface area contributed by atoms with E-state index in [1.165, 1.54) is 33.8 Å². The van der Waals surface area contributed by atoms with Crippen LogP contribution < -0.4 is 0 Å². The van der Waals surface area contributed by atoms with Crippen LogP contribution in [0, 0.1) is 39.4 Å². The summed E-state index contributed by atoms with van der Waals surface area (Å²) in [6.07, 6.45) is -3.47. The van der Waals surface area contributed by atoms with Crippen LogP contribution in [0.15, 0.2) is 23.8 Å². The van der Waals surface area contributed by atoms with Crippen LogP contribution in [0.5, 0.6) is 0 Å². The molecule has 50 heavy (non-hydrogen) atoms. The molecule has 5 N–H and O–H groups in total. The van der Waals surface area contributed by atoms with Crippen LogP contribution in [0.3, 0.4) is 0 Å². The van der Waals surface area contributed by atoms with E-state index in [2.05, 4.69) is 6.08 Å². The highest BCUT2D eigenvalue weighted by atomic mass is 16.7. The molecule has 12 nitrogen and oxygen atoms in total. The van der Waals surface area contributed by atoms with E-state index in [-0.39, 0.29) is 36.9 Å². The second-order valence-corrected chi connectivity index (χ2v) is 17.6. The van der Waals surface area contributed by atoms with Gasteiger partial charge < -0.3 is 39.7 Å². The van der Waals surface area contributed by atoms with Crippen LogP contribution in [0.2, 0.25) is 0 Å². The minimum atomic E-state index is -2.16. The van der Waals surface area contributed by atoms with Gasteiger partial charge in [0.2, 0.25) is 18.2 Å². The fourth-order valence-corrected chi connectivity index (χ4v) is 10.7. The zero-order chi connectivity index (χ0) is 37.7. The zero-order valence-corrected chi connectivity index (χ0v) is 30.9. The Kier molecular flexibility index (Phi) is 9.64. The molecule has 4 aliphatic carbocycles. The minimum Gasteiger partial charge on any atom is -0.449 e. The molecule has 1 heterocycles. The van der Waals surface area contributed by atoms with Gasteiger partial charge in [0.05, 0.1) is 30.0 Å². The summed E-state index contributed by atoms with van der Waals surface area (Å²) in [4.78, 5) is 54.0. The first-order chi connectivity index (χ1) is 22.7. The number of fused-ring (bicyclic) bond motifs is 5. The highest BCUT2D eigenvalue weighted by Crippen LogP contribution is 2.74. The van der Waals surface area contributed by atoms with Crippen LogP contribution in [0.25, 0.3) is 0 Å². The first-order valence-corrected chi connectivity index (χ1v) is 17.7. The van der Waals surface area contributed by atoms with E-state index in [1.807, 2.05) is 34.6 Å². The van der Waals surface area contributed by atoms with Crippen molar-refractivity contribution in [3.05, 3.63) is 23.8 Å². The summed E-state index contributed by atoms with van der Waals surface area (Å²) in [5, 5.41) is 55.2. The Morgan fingerprint density at radius 2 is 1.64 bits per heavy atom. The molecule has 1 aliphatic heterocycles. The fraction of sp³-hybridized carbons (Fsp3) is 0.789. The molecule has 5 rings (SSSR count). The Balaban J connectivity index is 1.65. The number of ketones is 3. The molecule has 4 fully saturated rings. The van der Waals surface area contributed by atoms with Gasteiger partial charge in [0.15, 0.2) is 5.78 Å². The number of aliphatic hydroxyl groups excluding tert-OH is 3. The molecule has 0 aromatic rings. The second-order valence-electron chi connectivity index (χ2n) is 17.6. The van der Waals surface area contributed by atoms with E-state index in [4.69, 9.17) is 14.2 Å². The maximum Gasteiger partial charge on any atom is 0.303 e. The van der Waals surface area contributed by atoms with Crippen molar-refractivity contribution in [2.45, 2.75) is 149 Å². The van der Waals surface area contributed by atoms with Gasteiger partial charge in [0.1, 0.15) is 17.5 Å². The van der Waals surface area contributed by atoms with Gasteiger partial charge in [-0.05, 0) is 75.7 Å². The Labute approximate surface area is 294 Å². The van der Waals surface area contributed by atoms with E-state index in [9.17, 15) is 44.7 Å². The van der Waals surface area contributed by atoms with Crippen LogP contribution in [-0.2, 0) is 33.4 Å². The number of aliphatic hydroxyl groups is 5. The van der Waals surface area contributed by atoms with Gasteiger partial charge in [-0.15, -0.1) is 0 Å². The van der Waals surface area contributed by atoms with Crippen LogP contribution in [-0.4, -0.2) is 103 Å². The highest BCUT2D eigenvalue weighted by Gasteiger charge is 2.75. The third-order valence-corrected chi connectivity index (χ3v) is 13.6. The lowest BCUT2D eigenvalue weighted by Crippen LogP contribution is -2.65. The summed E-state index contributed by atoms with van der Waals surface area (Å²) in [5.74, 6) is -4.19. The molecule has 12 heteroatoms. The molecule has 0 radical (unpaired) electrons. The van der Waals surface area contributed by atoms with Gasteiger partial charge in [-0.2, -0.15) is 0 Å². The lowest BCUT2D eigenvalue weighted by Gasteiger charge is -2.65. The Morgan fingerprint density at radius 1 is 1.02 bits per heavy atom. The lowest BCUT2D eigenvalue weighted by atomic mass is 9.38. The molecular weight excluding hydrogens is 648 g/mol. The van der Waals surface area contributed by atoms with Crippen molar-refractivity contribution in [2.75, 3.05) is 0 Å². The van der Waals surface area contributed by atoms with Gasteiger partial charge in [0, 0.05) is 30.1 Å². The minimum absolute atomic E-state index is 0.0462. The molecule has 1 saturated heterocycles. The number of Topliss-reactive ketones (excluding diaryl/α,β-unsaturated/α-hetero) is 2. The van der Waals surface area contributed by atoms with Crippen molar-refractivity contribution >= 4 is 23.3 Å². The van der Waals surface area contributed by atoms with Crippen molar-refractivity contribution in [3.63, 3.8) is 0 Å². The predicted octanol–water partition coefficient (Wildman–Crippen LogP) is 2.35. The SMILES string of the molecule is CC(=O)O[C@H]1C(=O)[C@@H](O)[C@H](C)O[C@H]1O[C@@H]1C[C@@]2(C)[C@@H]3CC=C4[C@@H](C[C@H](O)[C@@H](O)C4(C)C)[C@]3(C)C(=O)C[C@]2(C)[C@H]1[C@@](C)(O)C(=O)/C=C/C(C)(C)O. The van der Waals surface area contributed by atoms with Crippen molar-refractivity contribution in [1.29, 1.82) is 0 Å². The molecule has 14 atom stereocenters. The molecule has 0 bridgehead atoms. The van der Waals surface area contributed by atoms with Crippen molar-refractivity contribution in [1.82, 2.24) is 0 Å².